The second kappa shape index (κ2) is 8.08. The molecule has 33 heavy (non-hydrogen) atoms. The Kier molecular flexibility index (Phi) is 5.34. The van der Waals surface area contributed by atoms with Crippen LogP contribution in [0, 0.1) is 11.6 Å². The molecule has 2 aliphatic rings. The number of benzene rings is 2. The van der Waals surface area contributed by atoms with E-state index in [9.17, 15) is 18.4 Å². The number of aromatic nitrogens is 1. The molecule has 0 spiro atoms. The predicted octanol–water partition coefficient (Wildman–Crippen LogP) is 4.71. The van der Waals surface area contributed by atoms with Gasteiger partial charge in [0.05, 0.1) is 11.1 Å². The number of hydrogen-bond donors (Lipinski definition) is 1. The maximum atomic E-state index is 14.7. The van der Waals surface area contributed by atoms with Gasteiger partial charge in [-0.05, 0) is 55.5 Å². The van der Waals surface area contributed by atoms with Crippen LogP contribution in [0.2, 0.25) is 0 Å². The first kappa shape index (κ1) is 21.8. The van der Waals surface area contributed by atoms with E-state index in [1.54, 1.807) is 12.1 Å². The third-order valence-corrected chi connectivity index (χ3v) is 6.81. The highest BCUT2D eigenvalue weighted by Gasteiger charge is 2.28. The fourth-order valence-corrected chi connectivity index (χ4v) is 4.89. The predicted molar refractivity (Wildman–Crippen MR) is 125 cm³/mol. The summed E-state index contributed by atoms with van der Waals surface area (Å²) in [6.07, 6.45) is 3.49. The van der Waals surface area contributed by atoms with Crippen molar-refractivity contribution in [3.8, 4) is 5.69 Å². The molecule has 1 fully saturated rings. The number of fused-ring (bicyclic) bond motifs is 4. The molecule has 0 bridgehead atoms. The molecule has 170 valence electrons. The molecule has 8 heteroatoms. The van der Waals surface area contributed by atoms with Gasteiger partial charge in [-0.2, -0.15) is 0 Å². The Morgan fingerprint density at radius 3 is 2.67 bits per heavy atom. The molecule has 6 rings (SSSR count). The molecule has 3 heterocycles. The Bertz CT molecular complexity index is 1540. The average molecular weight is 471 g/mol. The van der Waals surface area contributed by atoms with Gasteiger partial charge < -0.3 is 9.73 Å². The molecule has 0 atom stereocenters. The van der Waals surface area contributed by atoms with Gasteiger partial charge in [0.15, 0.2) is 11.6 Å². The SMILES string of the molecule is Cl.O=c1c2ccc3c(c2oc2cc(C4CCC4)n(-c4cccc(F)c4F)c(=O)c12)CNCC3. The second-order valence-corrected chi connectivity index (χ2v) is 8.59. The molecule has 4 aromatic rings. The van der Waals surface area contributed by atoms with Crippen molar-refractivity contribution >= 4 is 34.3 Å². The molecule has 1 aliphatic heterocycles. The number of hydrogen-bond acceptors (Lipinski definition) is 4. The lowest BCUT2D eigenvalue weighted by Gasteiger charge is -2.29. The van der Waals surface area contributed by atoms with Crippen LogP contribution in [0.5, 0.6) is 0 Å². The van der Waals surface area contributed by atoms with E-state index in [1.165, 1.54) is 12.1 Å². The van der Waals surface area contributed by atoms with E-state index in [4.69, 9.17) is 4.42 Å². The highest BCUT2D eigenvalue weighted by molar-refractivity contribution is 5.91. The first-order valence-corrected chi connectivity index (χ1v) is 10.9. The van der Waals surface area contributed by atoms with Crippen molar-refractivity contribution in [3.05, 3.63) is 85.4 Å². The van der Waals surface area contributed by atoms with Gasteiger partial charge in [0.1, 0.15) is 16.6 Å². The number of rotatable bonds is 2. The van der Waals surface area contributed by atoms with Crippen LogP contribution in [0.1, 0.15) is 42.0 Å². The molecule has 2 aromatic carbocycles. The zero-order chi connectivity index (χ0) is 22.0. The van der Waals surface area contributed by atoms with E-state index in [-0.39, 0.29) is 35.0 Å². The van der Waals surface area contributed by atoms with Crippen molar-refractivity contribution < 1.29 is 13.2 Å². The molecular weight excluding hydrogens is 450 g/mol. The summed E-state index contributed by atoms with van der Waals surface area (Å²) in [6.45, 7) is 1.44. The van der Waals surface area contributed by atoms with E-state index in [1.807, 2.05) is 6.07 Å². The number of nitrogens with one attached hydrogen (secondary N) is 1. The summed E-state index contributed by atoms with van der Waals surface area (Å²) < 4.78 is 36.1. The van der Waals surface area contributed by atoms with Crippen molar-refractivity contribution in [1.29, 1.82) is 0 Å². The Labute approximate surface area is 193 Å². The van der Waals surface area contributed by atoms with E-state index >= 15 is 0 Å². The monoisotopic (exact) mass is 470 g/mol. The third-order valence-electron chi connectivity index (χ3n) is 6.81. The van der Waals surface area contributed by atoms with Crippen LogP contribution in [0.3, 0.4) is 0 Å². The molecule has 0 amide bonds. The number of halogens is 3. The van der Waals surface area contributed by atoms with Crippen molar-refractivity contribution in [1.82, 2.24) is 9.88 Å². The van der Waals surface area contributed by atoms with E-state index in [0.29, 0.717) is 23.2 Å². The molecule has 1 saturated carbocycles. The van der Waals surface area contributed by atoms with E-state index in [2.05, 4.69) is 5.32 Å². The quantitative estimate of drug-likeness (QED) is 0.431. The molecule has 1 N–H and O–H groups in total. The van der Waals surface area contributed by atoms with Crippen LogP contribution in [-0.4, -0.2) is 11.1 Å². The van der Waals surface area contributed by atoms with Gasteiger partial charge in [-0.25, -0.2) is 8.78 Å². The summed E-state index contributed by atoms with van der Waals surface area (Å²) in [6, 6.07) is 8.98. The number of pyridine rings is 1. The maximum absolute atomic E-state index is 14.7. The fourth-order valence-electron chi connectivity index (χ4n) is 4.89. The van der Waals surface area contributed by atoms with Gasteiger partial charge in [0.2, 0.25) is 5.43 Å². The Morgan fingerprint density at radius 2 is 1.91 bits per heavy atom. The summed E-state index contributed by atoms with van der Waals surface area (Å²) in [5, 5.41) is 3.47. The van der Waals surface area contributed by atoms with Gasteiger partial charge in [-0.1, -0.05) is 18.6 Å². The second-order valence-electron chi connectivity index (χ2n) is 8.59. The summed E-state index contributed by atoms with van der Waals surface area (Å²) in [4.78, 5) is 27.0. The largest absolute Gasteiger partial charge is 0.455 e. The van der Waals surface area contributed by atoms with Crippen molar-refractivity contribution in [2.45, 2.75) is 38.1 Å². The zero-order valence-electron chi connectivity index (χ0n) is 17.6. The summed E-state index contributed by atoms with van der Waals surface area (Å²) >= 11 is 0. The Morgan fingerprint density at radius 1 is 1.09 bits per heavy atom. The van der Waals surface area contributed by atoms with E-state index < -0.39 is 22.6 Å². The standard InChI is InChI=1S/C25H20F2N2O3.ClH/c26-17-5-2-6-18(22(17)27)29-19(14-3-1-4-14)11-20-21(25(29)31)23(30)15-8-7-13-9-10-28-12-16(13)24(15)32-20;/h2,5-8,11,14,28H,1,3-4,9-10,12H2;1H. The van der Waals surface area contributed by atoms with Crippen LogP contribution >= 0.6 is 12.4 Å². The first-order chi connectivity index (χ1) is 15.5. The summed E-state index contributed by atoms with van der Waals surface area (Å²) in [5.74, 6) is -2.14. The van der Waals surface area contributed by atoms with Crippen molar-refractivity contribution in [2.24, 2.45) is 0 Å². The highest BCUT2D eigenvalue weighted by Crippen LogP contribution is 2.38. The van der Waals surface area contributed by atoms with Crippen molar-refractivity contribution in [2.75, 3.05) is 6.54 Å². The average Bonchev–Trinajstić information content (AvgIpc) is 2.75. The van der Waals surface area contributed by atoms with E-state index in [0.717, 1.165) is 54.0 Å². The van der Waals surface area contributed by atoms with Crippen LogP contribution in [0.25, 0.3) is 27.6 Å². The van der Waals surface area contributed by atoms with Gasteiger partial charge in [-0.3, -0.25) is 14.2 Å². The minimum absolute atomic E-state index is 0. The maximum Gasteiger partial charge on any atom is 0.270 e. The van der Waals surface area contributed by atoms with Gasteiger partial charge in [0.25, 0.3) is 5.56 Å². The van der Waals surface area contributed by atoms with Crippen LogP contribution in [0.15, 0.2) is 50.4 Å². The zero-order valence-corrected chi connectivity index (χ0v) is 18.4. The van der Waals surface area contributed by atoms with Crippen LogP contribution < -0.4 is 16.3 Å². The lowest BCUT2D eigenvalue weighted by atomic mass is 9.82. The van der Waals surface area contributed by atoms with Crippen LogP contribution in [-0.2, 0) is 13.0 Å². The molecule has 2 aromatic heterocycles. The Balaban J connectivity index is 0.00000228. The molecule has 0 saturated heterocycles. The van der Waals surface area contributed by atoms with Gasteiger partial charge >= 0.3 is 0 Å². The smallest absolute Gasteiger partial charge is 0.270 e. The topological polar surface area (TPSA) is 64.2 Å². The highest BCUT2D eigenvalue weighted by atomic mass is 35.5. The van der Waals surface area contributed by atoms with Gasteiger partial charge in [-0.15, -0.1) is 12.4 Å². The fraction of sp³-hybridized carbons (Fsp3) is 0.280. The molecule has 0 radical (unpaired) electrons. The molecule has 0 unspecified atom stereocenters. The Hall–Kier alpha value is -3.03. The lowest BCUT2D eigenvalue weighted by Crippen LogP contribution is -2.30. The minimum Gasteiger partial charge on any atom is -0.455 e. The van der Waals surface area contributed by atoms with Crippen LogP contribution in [0.4, 0.5) is 8.78 Å². The molecule has 1 aliphatic carbocycles. The van der Waals surface area contributed by atoms with Gasteiger partial charge in [0, 0.05) is 23.9 Å². The summed E-state index contributed by atoms with van der Waals surface area (Å²) in [7, 11) is 0. The number of nitrogens with zero attached hydrogens (tertiary/aromatic N) is 1. The third kappa shape index (κ3) is 3.21. The first-order valence-electron chi connectivity index (χ1n) is 10.9. The van der Waals surface area contributed by atoms with Crippen molar-refractivity contribution in [3.63, 3.8) is 0 Å². The molecule has 5 nitrogen and oxygen atoms in total. The summed E-state index contributed by atoms with van der Waals surface area (Å²) in [5.41, 5.74) is 1.95. The molecular formula is C25H21ClF2N2O3. The normalized spacial score (nSPS) is 15.8. The lowest BCUT2D eigenvalue weighted by molar-refractivity contribution is 0.402. The minimum atomic E-state index is -1.11.